The van der Waals surface area contributed by atoms with Crippen LogP contribution in [0.15, 0.2) is 0 Å². The van der Waals surface area contributed by atoms with Gasteiger partial charge in [0, 0.05) is 12.6 Å². The van der Waals surface area contributed by atoms with Gasteiger partial charge in [0.1, 0.15) is 0 Å². The molecule has 0 spiro atoms. The molecule has 0 radical (unpaired) electrons. The number of hydrogen-bond acceptors (Lipinski definition) is 2. The van der Waals surface area contributed by atoms with Crippen LogP contribution in [0.4, 0.5) is 0 Å². The minimum Gasteiger partial charge on any atom is -0.380 e. The second-order valence-electron chi connectivity index (χ2n) is 3.71. The molecule has 0 aliphatic rings. The maximum atomic E-state index is 5.59. The van der Waals surface area contributed by atoms with E-state index >= 15 is 0 Å². The summed E-state index contributed by atoms with van der Waals surface area (Å²) in [5, 5.41) is 3.30. The Labute approximate surface area is 83.1 Å². The molecule has 80 valence electrons. The minimum atomic E-state index is 0.516. The molecule has 0 aromatic carbocycles. The Bertz CT molecular complexity index is 106. The van der Waals surface area contributed by atoms with Gasteiger partial charge in [0.25, 0.3) is 0 Å². The lowest BCUT2D eigenvalue weighted by Gasteiger charge is -2.22. The molecular formula is C11H25NO. The van der Waals surface area contributed by atoms with Crippen LogP contribution in [-0.4, -0.2) is 26.3 Å². The Morgan fingerprint density at radius 2 is 2.00 bits per heavy atom. The van der Waals surface area contributed by atoms with Crippen molar-refractivity contribution in [2.75, 3.05) is 20.3 Å². The molecule has 2 unspecified atom stereocenters. The van der Waals surface area contributed by atoms with Crippen molar-refractivity contribution in [1.82, 2.24) is 5.32 Å². The summed E-state index contributed by atoms with van der Waals surface area (Å²) < 4.78 is 5.59. The summed E-state index contributed by atoms with van der Waals surface area (Å²) in [6.07, 6.45) is 3.60. The van der Waals surface area contributed by atoms with E-state index in [0.29, 0.717) is 12.0 Å². The smallest absolute Gasteiger partial charge is 0.0622 e. The number of likely N-dealkylation sites (N-methyl/N-ethyl adjacent to an activating group) is 1. The Balaban J connectivity index is 3.47. The first-order valence-electron chi connectivity index (χ1n) is 5.51. The highest BCUT2D eigenvalue weighted by Gasteiger charge is 2.12. The number of ether oxygens (including phenoxy) is 1. The average Bonchev–Trinajstić information content (AvgIpc) is 2.17. The van der Waals surface area contributed by atoms with Gasteiger partial charge in [-0.05, 0) is 19.4 Å². The molecule has 0 saturated heterocycles. The zero-order chi connectivity index (χ0) is 10.1. The van der Waals surface area contributed by atoms with Crippen molar-refractivity contribution in [3.8, 4) is 0 Å². The highest BCUT2D eigenvalue weighted by molar-refractivity contribution is 4.69. The van der Waals surface area contributed by atoms with E-state index in [1.165, 1.54) is 19.3 Å². The molecule has 0 aliphatic carbocycles. The van der Waals surface area contributed by atoms with Crippen molar-refractivity contribution in [2.45, 2.75) is 46.1 Å². The normalized spacial score (nSPS) is 15.7. The van der Waals surface area contributed by atoms with Crippen LogP contribution >= 0.6 is 0 Å². The zero-order valence-electron chi connectivity index (χ0n) is 9.60. The molecule has 0 amide bonds. The number of nitrogens with one attached hydrogen (secondary N) is 1. The van der Waals surface area contributed by atoms with Crippen molar-refractivity contribution in [2.24, 2.45) is 5.92 Å². The topological polar surface area (TPSA) is 21.3 Å². The van der Waals surface area contributed by atoms with Gasteiger partial charge in [-0.1, -0.05) is 33.6 Å². The van der Waals surface area contributed by atoms with Crippen LogP contribution < -0.4 is 5.32 Å². The predicted octanol–water partition coefficient (Wildman–Crippen LogP) is 2.44. The van der Waals surface area contributed by atoms with Crippen LogP contribution in [0, 0.1) is 5.92 Å². The maximum absolute atomic E-state index is 5.59. The third-order valence-corrected chi connectivity index (χ3v) is 2.64. The molecule has 1 N–H and O–H groups in total. The summed E-state index contributed by atoms with van der Waals surface area (Å²) in [6, 6.07) is 0.516. The van der Waals surface area contributed by atoms with Gasteiger partial charge >= 0.3 is 0 Å². The van der Waals surface area contributed by atoms with Crippen LogP contribution in [0.1, 0.15) is 40.0 Å². The van der Waals surface area contributed by atoms with Gasteiger partial charge in [0.15, 0.2) is 0 Å². The fourth-order valence-electron chi connectivity index (χ4n) is 1.27. The third kappa shape index (κ3) is 6.05. The summed E-state index contributed by atoms with van der Waals surface area (Å²) >= 11 is 0. The van der Waals surface area contributed by atoms with Crippen LogP contribution in [0.2, 0.25) is 0 Å². The van der Waals surface area contributed by atoms with E-state index in [9.17, 15) is 0 Å². The number of hydrogen-bond donors (Lipinski definition) is 1. The molecule has 2 atom stereocenters. The van der Waals surface area contributed by atoms with Gasteiger partial charge in [0.05, 0.1) is 6.61 Å². The highest BCUT2D eigenvalue weighted by Crippen LogP contribution is 2.07. The van der Waals surface area contributed by atoms with E-state index in [0.717, 1.165) is 13.2 Å². The van der Waals surface area contributed by atoms with Gasteiger partial charge in [0.2, 0.25) is 0 Å². The van der Waals surface area contributed by atoms with Crippen molar-refractivity contribution >= 4 is 0 Å². The van der Waals surface area contributed by atoms with Gasteiger partial charge in [-0.15, -0.1) is 0 Å². The molecule has 0 aromatic heterocycles. The van der Waals surface area contributed by atoms with Crippen molar-refractivity contribution in [3.05, 3.63) is 0 Å². The van der Waals surface area contributed by atoms with Gasteiger partial charge in [-0.25, -0.2) is 0 Å². The Kier molecular flexibility index (Phi) is 8.46. The standard InChI is InChI=1S/C11H25NO/c1-5-7-8-13-9-11(12-4)10(3)6-2/h10-12H,5-9H2,1-4H3. The lowest BCUT2D eigenvalue weighted by molar-refractivity contribution is 0.0952. The molecule has 0 rings (SSSR count). The van der Waals surface area contributed by atoms with E-state index < -0.39 is 0 Å². The molecule has 0 fully saturated rings. The predicted molar refractivity (Wildman–Crippen MR) is 58.0 cm³/mol. The van der Waals surface area contributed by atoms with Crippen LogP contribution in [0.3, 0.4) is 0 Å². The molecule has 0 aromatic rings. The van der Waals surface area contributed by atoms with Crippen molar-refractivity contribution in [3.63, 3.8) is 0 Å². The third-order valence-electron chi connectivity index (χ3n) is 2.64. The van der Waals surface area contributed by atoms with Crippen molar-refractivity contribution in [1.29, 1.82) is 0 Å². The average molecular weight is 187 g/mol. The van der Waals surface area contributed by atoms with E-state index in [1.807, 2.05) is 7.05 Å². The second-order valence-corrected chi connectivity index (χ2v) is 3.71. The molecule has 0 saturated carbocycles. The SMILES string of the molecule is CCCCOCC(NC)C(C)CC. The quantitative estimate of drug-likeness (QED) is 0.589. The molecule has 2 heteroatoms. The Hall–Kier alpha value is -0.0800. The van der Waals surface area contributed by atoms with E-state index in [1.54, 1.807) is 0 Å². The molecular weight excluding hydrogens is 162 g/mol. The first-order valence-corrected chi connectivity index (χ1v) is 5.51. The monoisotopic (exact) mass is 187 g/mol. The van der Waals surface area contributed by atoms with Crippen molar-refractivity contribution < 1.29 is 4.74 Å². The Morgan fingerprint density at radius 3 is 2.46 bits per heavy atom. The fourth-order valence-corrected chi connectivity index (χ4v) is 1.27. The summed E-state index contributed by atoms with van der Waals surface area (Å²) in [6.45, 7) is 8.44. The maximum Gasteiger partial charge on any atom is 0.0622 e. The first-order chi connectivity index (χ1) is 6.26. The Morgan fingerprint density at radius 1 is 1.31 bits per heavy atom. The number of unbranched alkanes of at least 4 members (excludes halogenated alkanes) is 1. The van der Waals surface area contributed by atoms with Crippen LogP contribution in [0.25, 0.3) is 0 Å². The summed E-state index contributed by atoms with van der Waals surface area (Å²) in [5.41, 5.74) is 0. The largest absolute Gasteiger partial charge is 0.380 e. The van der Waals surface area contributed by atoms with E-state index in [-0.39, 0.29) is 0 Å². The van der Waals surface area contributed by atoms with E-state index in [2.05, 4.69) is 26.1 Å². The van der Waals surface area contributed by atoms with Crippen LogP contribution in [-0.2, 0) is 4.74 Å². The molecule has 2 nitrogen and oxygen atoms in total. The van der Waals surface area contributed by atoms with Crippen LogP contribution in [0.5, 0.6) is 0 Å². The summed E-state index contributed by atoms with van der Waals surface area (Å²) in [4.78, 5) is 0. The minimum absolute atomic E-state index is 0.516. The molecule has 0 aliphatic heterocycles. The molecule has 13 heavy (non-hydrogen) atoms. The van der Waals surface area contributed by atoms with E-state index in [4.69, 9.17) is 4.74 Å². The highest BCUT2D eigenvalue weighted by atomic mass is 16.5. The molecule has 0 bridgehead atoms. The first kappa shape index (κ1) is 12.9. The summed E-state index contributed by atoms with van der Waals surface area (Å²) in [5.74, 6) is 0.701. The lowest BCUT2D eigenvalue weighted by Crippen LogP contribution is -2.36. The number of rotatable bonds is 8. The molecule has 0 heterocycles. The van der Waals surface area contributed by atoms with Gasteiger partial charge < -0.3 is 10.1 Å². The van der Waals surface area contributed by atoms with Gasteiger partial charge in [-0.3, -0.25) is 0 Å². The zero-order valence-corrected chi connectivity index (χ0v) is 9.60. The second kappa shape index (κ2) is 8.52. The lowest BCUT2D eigenvalue weighted by atomic mass is 10.0. The summed E-state index contributed by atoms with van der Waals surface area (Å²) in [7, 11) is 2.01. The fraction of sp³-hybridized carbons (Fsp3) is 1.00. The van der Waals surface area contributed by atoms with Gasteiger partial charge in [-0.2, -0.15) is 0 Å².